The third kappa shape index (κ3) is 2.74. The summed E-state index contributed by atoms with van der Waals surface area (Å²) in [6, 6.07) is 5.45. The van der Waals surface area contributed by atoms with Crippen LogP contribution in [0.5, 0.6) is 0 Å². The van der Waals surface area contributed by atoms with Gasteiger partial charge in [0.05, 0.1) is 0 Å². The van der Waals surface area contributed by atoms with Crippen LogP contribution in [0.25, 0.3) is 0 Å². The zero-order valence-corrected chi connectivity index (χ0v) is 9.35. The Balaban J connectivity index is 2.94. The molecule has 3 heteroatoms. The van der Waals surface area contributed by atoms with Crippen molar-refractivity contribution in [2.24, 2.45) is 0 Å². The van der Waals surface area contributed by atoms with Gasteiger partial charge in [0, 0.05) is 16.6 Å². The average Bonchev–Trinajstić information content (AvgIpc) is 2.08. The fraction of sp³-hybridized carbons (Fsp3) is 0.364. The molecule has 0 saturated heterocycles. The molecular formula is C11H14ClNO. The summed E-state index contributed by atoms with van der Waals surface area (Å²) < 4.78 is 0. The van der Waals surface area contributed by atoms with Crippen LogP contribution in [0.1, 0.15) is 29.8 Å². The fourth-order valence-corrected chi connectivity index (χ4v) is 1.35. The summed E-state index contributed by atoms with van der Waals surface area (Å²) in [6.45, 7) is 5.75. The molecular weight excluding hydrogens is 198 g/mol. The smallest absolute Gasteiger partial charge is 0.251 e. The maximum atomic E-state index is 11.7. The maximum Gasteiger partial charge on any atom is 0.251 e. The van der Waals surface area contributed by atoms with Crippen LogP contribution >= 0.6 is 11.6 Å². The number of hydrogen-bond acceptors (Lipinski definition) is 1. The molecule has 0 bridgehead atoms. The lowest BCUT2D eigenvalue weighted by Crippen LogP contribution is -2.30. The van der Waals surface area contributed by atoms with Gasteiger partial charge in [0.15, 0.2) is 0 Å². The van der Waals surface area contributed by atoms with Gasteiger partial charge < -0.3 is 5.32 Å². The predicted octanol–water partition coefficient (Wildman–Crippen LogP) is 2.79. The summed E-state index contributed by atoms with van der Waals surface area (Å²) in [5, 5.41) is 3.42. The van der Waals surface area contributed by atoms with Crippen LogP contribution in [-0.2, 0) is 0 Å². The summed E-state index contributed by atoms with van der Waals surface area (Å²) in [5.41, 5.74) is 1.58. The summed E-state index contributed by atoms with van der Waals surface area (Å²) in [7, 11) is 0. The van der Waals surface area contributed by atoms with Crippen molar-refractivity contribution < 1.29 is 4.79 Å². The quantitative estimate of drug-likeness (QED) is 0.801. The van der Waals surface area contributed by atoms with Crippen molar-refractivity contribution in [3.8, 4) is 0 Å². The zero-order valence-electron chi connectivity index (χ0n) is 8.60. The number of carbonyl (C=O) groups excluding carboxylic acids is 1. The van der Waals surface area contributed by atoms with Gasteiger partial charge in [0.2, 0.25) is 0 Å². The summed E-state index contributed by atoms with van der Waals surface area (Å²) >= 11 is 5.82. The lowest BCUT2D eigenvalue weighted by Gasteiger charge is -2.10. The monoisotopic (exact) mass is 211 g/mol. The van der Waals surface area contributed by atoms with Crippen molar-refractivity contribution in [2.75, 3.05) is 0 Å². The Labute approximate surface area is 89.3 Å². The zero-order chi connectivity index (χ0) is 10.7. The Morgan fingerprint density at radius 3 is 2.64 bits per heavy atom. The van der Waals surface area contributed by atoms with E-state index in [0.717, 1.165) is 5.56 Å². The first kappa shape index (κ1) is 11.1. The van der Waals surface area contributed by atoms with Gasteiger partial charge in [-0.15, -0.1) is 0 Å². The van der Waals surface area contributed by atoms with Crippen LogP contribution < -0.4 is 5.32 Å². The topological polar surface area (TPSA) is 29.1 Å². The van der Waals surface area contributed by atoms with E-state index in [1.165, 1.54) is 0 Å². The molecule has 0 aromatic heterocycles. The number of nitrogens with one attached hydrogen (secondary N) is 1. The van der Waals surface area contributed by atoms with E-state index in [-0.39, 0.29) is 11.9 Å². The van der Waals surface area contributed by atoms with E-state index in [4.69, 9.17) is 11.6 Å². The third-order valence-corrected chi connectivity index (χ3v) is 2.10. The molecule has 76 valence electrons. The molecule has 1 aromatic rings. The van der Waals surface area contributed by atoms with Gasteiger partial charge in [0.1, 0.15) is 0 Å². The number of carbonyl (C=O) groups is 1. The minimum Gasteiger partial charge on any atom is -0.350 e. The van der Waals surface area contributed by atoms with Gasteiger partial charge in [0.25, 0.3) is 5.91 Å². The third-order valence-electron chi connectivity index (χ3n) is 1.86. The highest BCUT2D eigenvalue weighted by Crippen LogP contribution is 2.15. The molecule has 0 spiro atoms. The summed E-state index contributed by atoms with van der Waals surface area (Å²) in [6.07, 6.45) is 0. The molecule has 1 N–H and O–H groups in total. The molecule has 0 radical (unpaired) electrons. The van der Waals surface area contributed by atoms with Crippen molar-refractivity contribution in [3.63, 3.8) is 0 Å². The van der Waals surface area contributed by atoms with Gasteiger partial charge in [-0.05, 0) is 38.5 Å². The van der Waals surface area contributed by atoms with Crippen LogP contribution in [0.4, 0.5) is 0 Å². The molecule has 14 heavy (non-hydrogen) atoms. The Kier molecular flexibility index (Phi) is 3.53. The molecule has 0 fully saturated rings. The van der Waals surface area contributed by atoms with Crippen LogP contribution in [0, 0.1) is 6.92 Å². The van der Waals surface area contributed by atoms with Gasteiger partial charge in [-0.2, -0.15) is 0 Å². The number of hydrogen-bond donors (Lipinski definition) is 1. The molecule has 1 amide bonds. The highest BCUT2D eigenvalue weighted by Gasteiger charge is 2.09. The second-order valence-electron chi connectivity index (χ2n) is 3.59. The minimum absolute atomic E-state index is 0.0694. The van der Waals surface area contributed by atoms with Gasteiger partial charge in [-0.3, -0.25) is 4.79 Å². The molecule has 0 aliphatic heterocycles. The number of benzene rings is 1. The maximum absolute atomic E-state index is 11.7. The first-order chi connectivity index (χ1) is 6.50. The van der Waals surface area contributed by atoms with E-state index in [0.29, 0.717) is 10.6 Å². The molecule has 1 aromatic carbocycles. The lowest BCUT2D eigenvalue weighted by molar-refractivity contribution is 0.0942. The molecule has 0 unspecified atom stereocenters. The number of rotatable bonds is 2. The second-order valence-corrected chi connectivity index (χ2v) is 4.02. The van der Waals surface area contributed by atoms with E-state index in [1.807, 2.05) is 26.8 Å². The molecule has 1 rings (SSSR count). The normalized spacial score (nSPS) is 10.4. The van der Waals surface area contributed by atoms with Crippen LogP contribution in [0.2, 0.25) is 5.02 Å². The van der Waals surface area contributed by atoms with Crippen molar-refractivity contribution >= 4 is 17.5 Å². The summed E-state index contributed by atoms with van der Waals surface area (Å²) in [5.74, 6) is -0.0694. The SMILES string of the molecule is Cc1ccc(Cl)cc1C(=O)NC(C)C. The first-order valence-corrected chi connectivity index (χ1v) is 4.95. The number of amides is 1. The fourth-order valence-electron chi connectivity index (χ4n) is 1.18. The Bertz CT molecular complexity index is 347. The van der Waals surface area contributed by atoms with Crippen molar-refractivity contribution in [1.82, 2.24) is 5.32 Å². The number of halogens is 1. The Morgan fingerprint density at radius 1 is 1.43 bits per heavy atom. The van der Waals surface area contributed by atoms with E-state index in [2.05, 4.69) is 5.32 Å². The first-order valence-electron chi connectivity index (χ1n) is 4.57. The molecule has 2 nitrogen and oxygen atoms in total. The Hall–Kier alpha value is -1.02. The van der Waals surface area contributed by atoms with Gasteiger partial charge >= 0.3 is 0 Å². The molecule has 0 aliphatic carbocycles. The molecule has 0 heterocycles. The van der Waals surface area contributed by atoms with Gasteiger partial charge in [-0.25, -0.2) is 0 Å². The van der Waals surface area contributed by atoms with Crippen LogP contribution in [0.3, 0.4) is 0 Å². The molecule has 0 aliphatic rings. The van der Waals surface area contributed by atoms with Crippen molar-refractivity contribution in [1.29, 1.82) is 0 Å². The molecule has 0 atom stereocenters. The lowest BCUT2D eigenvalue weighted by atomic mass is 10.1. The van der Waals surface area contributed by atoms with E-state index >= 15 is 0 Å². The summed E-state index contributed by atoms with van der Waals surface area (Å²) in [4.78, 5) is 11.7. The Morgan fingerprint density at radius 2 is 2.07 bits per heavy atom. The van der Waals surface area contributed by atoms with Crippen LogP contribution in [-0.4, -0.2) is 11.9 Å². The highest BCUT2D eigenvalue weighted by molar-refractivity contribution is 6.31. The molecule has 0 saturated carbocycles. The van der Waals surface area contributed by atoms with E-state index < -0.39 is 0 Å². The largest absolute Gasteiger partial charge is 0.350 e. The number of aryl methyl sites for hydroxylation is 1. The average molecular weight is 212 g/mol. The second kappa shape index (κ2) is 4.47. The standard InChI is InChI=1S/C11H14ClNO/c1-7(2)13-11(14)10-6-9(12)5-4-8(10)3/h4-7H,1-3H3,(H,13,14). The highest BCUT2D eigenvalue weighted by atomic mass is 35.5. The predicted molar refractivity (Wildman–Crippen MR) is 58.8 cm³/mol. The van der Waals surface area contributed by atoms with E-state index in [9.17, 15) is 4.79 Å². The van der Waals surface area contributed by atoms with Gasteiger partial charge in [-0.1, -0.05) is 17.7 Å². The van der Waals surface area contributed by atoms with E-state index in [1.54, 1.807) is 12.1 Å². The van der Waals surface area contributed by atoms with Crippen molar-refractivity contribution in [3.05, 3.63) is 34.3 Å². The minimum atomic E-state index is -0.0694. The van der Waals surface area contributed by atoms with Crippen LogP contribution in [0.15, 0.2) is 18.2 Å². The van der Waals surface area contributed by atoms with Crippen molar-refractivity contribution in [2.45, 2.75) is 26.8 Å².